The van der Waals surface area contributed by atoms with E-state index in [2.05, 4.69) is 0 Å². The molecule has 6 heteroatoms. The van der Waals surface area contributed by atoms with Crippen LogP contribution in [0.1, 0.15) is 33.1 Å². The van der Waals surface area contributed by atoms with Crippen molar-refractivity contribution in [2.45, 2.75) is 12.6 Å². The highest BCUT2D eigenvalue weighted by Gasteiger charge is 2.41. The summed E-state index contributed by atoms with van der Waals surface area (Å²) >= 11 is 0. The number of aliphatic hydroxyl groups is 1. The van der Waals surface area contributed by atoms with Gasteiger partial charge in [-0.05, 0) is 41.0 Å². The molecule has 4 rings (SSSR count). The van der Waals surface area contributed by atoms with Gasteiger partial charge in [0.05, 0.1) is 18.7 Å². The molecule has 0 bridgehead atoms. The summed E-state index contributed by atoms with van der Waals surface area (Å²) in [7, 11) is 1.31. The predicted octanol–water partition coefficient (Wildman–Crippen LogP) is 4.67. The van der Waals surface area contributed by atoms with E-state index in [0.29, 0.717) is 11.1 Å². The number of amides is 1. The SMILES string of the molecule is COC(=O)c1ccc([C@@H]2C(c3ccccc3)=C(O)C(=O)N2Cc2ccc(F)cc2)cc1. The van der Waals surface area contributed by atoms with Crippen molar-refractivity contribution >= 4 is 17.4 Å². The predicted molar refractivity (Wildman–Crippen MR) is 113 cm³/mol. The molecule has 0 saturated heterocycles. The number of hydrogen-bond donors (Lipinski definition) is 1. The van der Waals surface area contributed by atoms with Gasteiger partial charge in [-0.25, -0.2) is 9.18 Å². The van der Waals surface area contributed by atoms with Gasteiger partial charge in [-0.15, -0.1) is 0 Å². The van der Waals surface area contributed by atoms with Crippen LogP contribution in [0.2, 0.25) is 0 Å². The van der Waals surface area contributed by atoms with Gasteiger partial charge in [-0.1, -0.05) is 54.6 Å². The number of esters is 1. The van der Waals surface area contributed by atoms with Crippen molar-refractivity contribution in [2.75, 3.05) is 7.11 Å². The van der Waals surface area contributed by atoms with E-state index in [0.717, 1.165) is 16.7 Å². The Kier molecular flexibility index (Phi) is 5.54. The Hall–Kier alpha value is -3.93. The number of ether oxygens (including phenoxy) is 1. The smallest absolute Gasteiger partial charge is 0.337 e. The van der Waals surface area contributed by atoms with E-state index < -0.39 is 17.9 Å². The lowest BCUT2D eigenvalue weighted by molar-refractivity contribution is -0.130. The zero-order chi connectivity index (χ0) is 22.0. The fraction of sp³-hybridized carbons (Fsp3) is 0.120. The number of halogens is 1. The zero-order valence-corrected chi connectivity index (χ0v) is 16.8. The number of hydrogen-bond acceptors (Lipinski definition) is 4. The van der Waals surface area contributed by atoms with Gasteiger partial charge in [0.1, 0.15) is 5.82 Å². The Morgan fingerprint density at radius 2 is 1.65 bits per heavy atom. The highest BCUT2D eigenvalue weighted by molar-refractivity contribution is 6.05. The lowest BCUT2D eigenvalue weighted by Gasteiger charge is -2.27. The average Bonchev–Trinajstić information content (AvgIpc) is 3.05. The van der Waals surface area contributed by atoms with Gasteiger partial charge < -0.3 is 14.7 Å². The molecule has 1 amide bonds. The van der Waals surface area contributed by atoms with Gasteiger partial charge in [0, 0.05) is 12.1 Å². The molecule has 31 heavy (non-hydrogen) atoms. The van der Waals surface area contributed by atoms with Gasteiger partial charge in [-0.3, -0.25) is 4.79 Å². The molecule has 0 spiro atoms. The van der Waals surface area contributed by atoms with Crippen LogP contribution in [-0.2, 0) is 16.1 Å². The van der Waals surface area contributed by atoms with Crippen molar-refractivity contribution < 1.29 is 23.8 Å². The quantitative estimate of drug-likeness (QED) is 0.613. The normalized spacial score (nSPS) is 16.0. The first-order valence-corrected chi connectivity index (χ1v) is 9.72. The Morgan fingerprint density at radius 3 is 2.26 bits per heavy atom. The summed E-state index contributed by atoms with van der Waals surface area (Å²) in [6.45, 7) is 0.183. The molecule has 1 aliphatic rings. The van der Waals surface area contributed by atoms with Crippen LogP contribution in [0, 0.1) is 5.82 Å². The number of benzene rings is 3. The third-order valence-electron chi connectivity index (χ3n) is 5.30. The number of carbonyl (C=O) groups excluding carboxylic acids is 2. The van der Waals surface area contributed by atoms with Gasteiger partial charge in [0.2, 0.25) is 0 Å². The molecular formula is C25H20FNO4. The topological polar surface area (TPSA) is 66.8 Å². The minimum absolute atomic E-state index is 0.183. The lowest BCUT2D eigenvalue weighted by atomic mass is 9.93. The molecule has 3 aromatic rings. The lowest BCUT2D eigenvalue weighted by Crippen LogP contribution is -2.29. The van der Waals surface area contributed by atoms with Crippen LogP contribution < -0.4 is 0 Å². The third-order valence-corrected chi connectivity index (χ3v) is 5.30. The standard InChI is InChI=1S/C25H20FNO4/c1-31-25(30)19-11-9-18(10-12-19)22-21(17-5-3-2-4-6-17)23(28)24(29)27(22)15-16-7-13-20(26)14-8-16/h2-14,22,28H,15H2,1H3/t22-/m1/s1. The largest absolute Gasteiger partial charge is 0.503 e. The molecule has 1 aliphatic heterocycles. The maximum atomic E-state index is 13.3. The van der Waals surface area contributed by atoms with Crippen molar-refractivity contribution in [1.82, 2.24) is 4.90 Å². The van der Waals surface area contributed by atoms with E-state index in [1.54, 1.807) is 36.4 Å². The molecule has 1 heterocycles. The van der Waals surface area contributed by atoms with E-state index in [9.17, 15) is 19.1 Å². The molecule has 0 radical (unpaired) electrons. The highest BCUT2D eigenvalue weighted by atomic mass is 19.1. The molecule has 1 N–H and O–H groups in total. The van der Waals surface area contributed by atoms with Crippen LogP contribution in [0.25, 0.3) is 5.57 Å². The molecule has 1 atom stereocenters. The van der Waals surface area contributed by atoms with E-state index >= 15 is 0 Å². The summed E-state index contributed by atoms with van der Waals surface area (Å²) in [6, 6.07) is 21.2. The Bertz CT molecular complexity index is 1140. The minimum atomic E-state index is -0.577. The van der Waals surface area contributed by atoms with Crippen molar-refractivity contribution in [3.63, 3.8) is 0 Å². The van der Waals surface area contributed by atoms with E-state index in [4.69, 9.17) is 4.74 Å². The molecule has 0 fully saturated rings. The van der Waals surface area contributed by atoms with Crippen LogP contribution in [-0.4, -0.2) is 29.0 Å². The van der Waals surface area contributed by atoms with Gasteiger partial charge >= 0.3 is 5.97 Å². The number of methoxy groups -OCH3 is 1. The van der Waals surface area contributed by atoms with E-state index in [1.165, 1.54) is 24.1 Å². The second kappa shape index (κ2) is 8.44. The number of rotatable bonds is 5. The Labute approximate surface area is 179 Å². The molecule has 0 aromatic heterocycles. The van der Waals surface area contributed by atoms with E-state index in [-0.39, 0.29) is 18.1 Å². The minimum Gasteiger partial charge on any atom is -0.503 e. The molecule has 3 aromatic carbocycles. The first kappa shape index (κ1) is 20.3. The average molecular weight is 417 g/mol. The van der Waals surface area contributed by atoms with Crippen LogP contribution in [0.3, 0.4) is 0 Å². The number of nitrogens with zero attached hydrogens (tertiary/aromatic N) is 1. The van der Waals surface area contributed by atoms with Gasteiger partial charge in [0.25, 0.3) is 5.91 Å². The number of aliphatic hydroxyl groups excluding tert-OH is 1. The summed E-state index contributed by atoms with van der Waals surface area (Å²) in [4.78, 5) is 26.4. The van der Waals surface area contributed by atoms with Crippen molar-refractivity contribution in [2.24, 2.45) is 0 Å². The van der Waals surface area contributed by atoms with Crippen molar-refractivity contribution in [3.05, 3.63) is 113 Å². The fourth-order valence-electron chi connectivity index (χ4n) is 3.78. The maximum absolute atomic E-state index is 13.3. The van der Waals surface area contributed by atoms with Crippen LogP contribution in [0.15, 0.2) is 84.6 Å². The zero-order valence-electron chi connectivity index (χ0n) is 16.8. The Morgan fingerprint density at radius 1 is 1.00 bits per heavy atom. The fourth-order valence-corrected chi connectivity index (χ4v) is 3.78. The first-order chi connectivity index (χ1) is 15.0. The van der Waals surface area contributed by atoms with Gasteiger partial charge in [0.15, 0.2) is 5.76 Å². The van der Waals surface area contributed by atoms with Gasteiger partial charge in [-0.2, -0.15) is 0 Å². The van der Waals surface area contributed by atoms with E-state index in [1.807, 2.05) is 30.3 Å². The van der Waals surface area contributed by atoms with Crippen molar-refractivity contribution in [3.8, 4) is 0 Å². The molecule has 0 saturated carbocycles. The molecule has 0 unspecified atom stereocenters. The second-order valence-electron chi connectivity index (χ2n) is 7.20. The van der Waals surface area contributed by atoms with Crippen molar-refractivity contribution in [1.29, 1.82) is 0 Å². The second-order valence-corrected chi connectivity index (χ2v) is 7.20. The van der Waals surface area contributed by atoms with Crippen LogP contribution >= 0.6 is 0 Å². The maximum Gasteiger partial charge on any atom is 0.337 e. The first-order valence-electron chi connectivity index (χ1n) is 9.72. The molecule has 156 valence electrons. The molecule has 0 aliphatic carbocycles. The summed E-state index contributed by atoms with van der Waals surface area (Å²) in [5.74, 6) is -1.66. The van der Waals surface area contributed by atoms with Crippen LogP contribution in [0.5, 0.6) is 0 Å². The summed E-state index contributed by atoms with van der Waals surface area (Å²) in [6.07, 6.45) is 0. The Balaban J connectivity index is 1.78. The summed E-state index contributed by atoms with van der Waals surface area (Å²) in [5.41, 5.74) is 3.05. The molecular weight excluding hydrogens is 397 g/mol. The third kappa shape index (κ3) is 3.92. The summed E-state index contributed by atoms with van der Waals surface area (Å²) < 4.78 is 18.1. The number of carbonyl (C=O) groups is 2. The van der Waals surface area contributed by atoms with Crippen LogP contribution in [0.4, 0.5) is 4.39 Å². The monoisotopic (exact) mass is 417 g/mol. The summed E-state index contributed by atoms with van der Waals surface area (Å²) in [5, 5.41) is 10.8. The molecule has 5 nitrogen and oxygen atoms in total. The highest BCUT2D eigenvalue weighted by Crippen LogP contribution is 2.43.